The highest BCUT2D eigenvalue weighted by Gasteiger charge is 2.17. The van der Waals surface area contributed by atoms with E-state index >= 15 is 0 Å². The van der Waals surface area contributed by atoms with Crippen LogP contribution >= 0.6 is 0 Å². The van der Waals surface area contributed by atoms with Gasteiger partial charge in [-0.1, -0.05) is 44.2 Å². The van der Waals surface area contributed by atoms with E-state index in [4.69, 9.17) is 5.73 Å². The van der Waals surface area contributed by atoms with Gasteiger partial charge in [-0.15, -0.1) is 0 Å². The van der Waals surface area contributed by atoms with Gasteiger partial charge in [0, 0.05) is 0 Å². The van der Waals surface area contributed by atoms with Crippen LogP contribution in [0.1, 0.15) is 25.8 Å². The molecule has 2 unspecified atom stereocenters. The van der Waals surface area contributed by atoms with Crippen LogP contribution in [0.5, 0.6) is 0 Å². The van der Waals surface area contributed by atoms with Gasteiger partial charge in [-0.2, -0.15) is 0 Å². The number of carbonyl (C=O) groups is 3. The number of nitrogens with one attached hydrogen (secondary N) is 2. The van der Waals surface area contributed by atoms with E-state index in [2.05, 4.69) is 10.6 Å². The van der Waals surface area contributed by atoms with Gasteiger partial charge in [-0.05, 0) is 24.3 Å². The second-order valence-corrected chi connectivity index (χ2v) is 5.95. The molecule has 0 saturated carbocycles. The fourth-order valence-electron chi connectivity index (χ4n) is 2.17. The number of hydrogen-bond donors (Lipinski definition) is 3. The lowest BCUT2D eigenvalue weighted by molar-refractivity contribution is -0.127. The van der Waals surface area contributed by atoms with Gasteiger partial charge in [-0.25, -0.2) is 0 Å². The van der Waals surface area contributed by atoms with Crippen LogP contribution in [-0.4, -0.2) is 36.7 Å². The molecule has 6 nitrogen and oxygen atoms in total. The molecule has 1 aromatic carbocycles. The van der Waals surface area contributed by atoms with Crippen molar-refractivity contribution in [1.82, 2.24) is 10.6 Å². The molecule has 6 heteroatoms. The molecule has 1 aromatic rings. The van der Waals surface area contributed by atoms with Crippen LogP contribution in [0.25, 0.3) is 0 Å². The summed E-state index contributed by atoms with van der Waals surface area (Å²) in [7, 11) is 0. The van der Waals surface area contributed by atoms with E-state index < -0.39 is 23.9 Å². The van der Waals surface area contributed by atoms with Crippen molar-refractivity contribution in [2.75, 3.05) is 6.54 Å². The van der Waals surface area contributed by atoms with Crippen LogP contribution in [0.2, 0.25) is 0 Å². The molecule has 2 amide bonds. The molecule has 0 fully saturated rings. The second kappa shape index (κ2) is 9.74. The monoisotopic (exact) mass is 319 g/mol. The van der Waals surface area contributed by atoms with Crippen molar-refractivity contribution in [3.63, 3.8) is 0 Å². The van der Waals surface area contributed by atoms with Gasteiger partial charge in [0.25, 0.3) is 0 Å². The molecule has 0 aliphatic rings. The van der Waals surface area contributed by atoms with Crippen molar-refractivity contribution < 1.29 is 14.4 Å². The Morgan fingerprint density at radius 3 is 2.43 bits per heavy atom. The number of amides is 2. The molecule has 0 saturated heterocycles. The van der Waals surface area contributed by atoms with E-state index in [1.807, 2.05) is 44.2 Å². The SMILES string of the molecule is CC(C)CC(C=O)NC(=O)CNC(=O)C(N)Cc1ccccc1. The van der Waals surface area contributed by atoms with E-state index in [1.54, 1.807) is 0 Å². The fourth-order valence-corrected chi connectivity index (χ4v) is 2.17. The molecule has 23 heavy (non-hydrogen) atoms. The molecular weight excluding hydrogens is 294 g/mol. The lowest BCUT2D eigenvalue weighted by Crippen LogP contribution is -2.47. The Kier molecular flexibility index (Phi) is 7.97. The molecule has 0 aliphatic carbocycles. The predicted octanol–water partition coefficient (Wildman–Crippen LogP) is 0.402. The number of rotatable bonds is 9. The predicted molar refractivity (Wildman–Crippen MR) is 88.6 cm³/mol. The summed E-state index contributed by atoms with van der Waals surface area (Å²) in [6, 6.07) is 8.17. The molecule has 2 atom stereocenters. The van der Waals surface area contributed by atoms with Gasteiger partial charge >= 0.3 is 0 Å². The minimum Gasteiger partial charge on any atom is -0.346 e. The summed E-state index contributed by atoms with van der Waals surface area (Å²) in [5, 5.41) is 5.07. The van der Waals surface area contributed by atoms with Crippen molar-refractivity contribution in [2.24, 2.45) is 11.7 Å². The summed E-state index contributed by atoms with van der Waals surface area (Å²) in [6.07, 6.45) is 1.68. The maximum absolute atomic E-state index is 11.9. The fraction of sp³-hybridized carbons (Fsp3) is 0.471. The van der Waals surface area contributed by atoms with Gasteiger partial charge in [0.1, 0.15) is 6.29 Å². The Bertz CT molecular complexity index is 517. The Morgan fingerprint density at radius 2 is 1.87 bits per heavy atom. The quantitative estimate of drug-likeness (QED) is 0.574. The molecule has 1 rings (SSSR count). The van der Waals surface area contributed by atoms with Crippen LogP contribution in [0.3, 0.4) is 0 Å². The highest BCUT2D eigenvalue weighted by Crippen LogP contribution is 2.03. The van der Waals surface area contributed by atoms with Crippen molar-refractivity contribution in [2.45, 2.75) is 38.8 Å². The number of hydrogen-bond acceptors (Lipinski definition) is 4. The zero-order chi connectivity index (χ0) is 17.2. The first-order valence-electron chi connectivity index (χ1n) is 7.74. The van der Waals surface area contributed by atoms with Gasteiger partial charge < -0.3 is 21.2 Å². The Hall–Kier alpha value is -2.21. The largest absolute Gasteiger partial charge is 0.346 e. The maximum Gasteiger partial charge on any atom is 0.239 e. The van der Waals surface area contributed by atoms with Crippen molar-refractivity contribution in [3.05, 3.63) is 35.9 Å². The van der Waals surface area contributed by atoms with E-state index in [0.29, 0.717) is 25.0 Å². The molecule has 4 N–H and O–H groups in total. The second-order valence-electron chi connectivity index (χ2n) is 5.95. The molecule has 0 heterocycles. The van der Waals surface area contributed by atoms with Gasteiger partial charge in [0.2, 0.25) is 11.8 Å². The average molecular weight is 319 g/mol. The van der Waals surface area contributed by atoms with Crippen LogP contribution in [0, 0.1) is 5.92 Å². The molecule has 0 radical (unpaired) electrons. The van der Waals surface area contributed by atoms with Crippen LogP contribution in [0.4, 0.5) is 0 Å². The zero-order valence-corrected chi connectivity index (χ0v) is 13.6. The first kappa shape index (κ1) is 18.8. The van der Waals surface area contributed by atoms with Crippen molar-refractivity contribution in [1.29, 1.82) is 0 Å². The Balaban J connectivity index is 2.36. The standard InChI is InChI=1S/C17H25N3O3/c1-12(2)8-14(11-21)20-16(22)10-19-17(23)15(18)9-13-6-4-3-5-7-13/h3-7,11-12,14-15H,8-10,18H2,1-2H3,(H,19,23)(H,20,22). The zero-order valence-electron chi connectivity index (χ0n) is 13.6. The first-order valence-corrected chi connectivity index (χ1v) is 7.74. The number of benzene rings is 1. The highest BCUT2D eigenvalue weighted by molar-refractivity contribution is 5.88. The van der Waals surface area contributed by atoms with Gasteiger partial charge in [0.15, 0.2) is 0 Å². The van der Waals surface area contributed by atoms with Gasteiger partial charge in [0.05, 0.1) is 18.6 Å². The maximum atomic E-state index is 11.9. The van der Waals surface area contributed by atoms with E-state index in [1.165, 1.54) is 0 Å². The number of nitrogens with two attached hydrogens (primary N) is 1. The molecule has 0 spiro atoms. The van der Waals surface area contributed by atoms with Crippen LogP contribution in [-0.2, 0) is 20.8 Å². The van der Waals surface area contributed by atoms with Crippen molar-refractivity contribution >= 4 is 18.1 Å². The molecule has 0 bridgehead atoms. The third kappa shape index (κ3) is 7.56. The first-order chi connectivity index (χ1) is 10.9. The third-order valence-corrected chi connectivity index (χ3v) is 3.29. The summed E-state index contributed by atoms with van der Waals surface area (Å²) in [6.45, 7) is 3.74. The smallest absolute Gasteiger partial charge is 0.239 e. The lowest BCUT2D eigenvalue weighted by Gasteiger charge is -2.16. The topological polar surface area (TPSA) is 101 Å². The summed E-state index contributed by atoms with van der Waals surface area (Å²) in [4.78, 5) is 34.6. The van der Waals surface area contributed by atoms with Crippen LogP contribution in [0.15, 0.2) is 30.3 Å². The van der Waals surface area contributed by atoms with E-state index in [-0.39, 0.29) is 6.54 Å². The molecule has 0 aliphatic heterocycles. The molecule has 126 valence electrons. The number of carbonyl (C=O) groups excluding carboxylic acids is 3. The van der Waals surface area contributed by atoms with E-state index in [0.717, 1.165) is 5.56 Å². The average Bonchev–Trinajstić information content (AvgIpc) is 2.52. The summed E-state index contributed by atoms with van der Waals surface area (Å²) in [5.41, 5.74) is 6.78. The minimum atomic E-state index is -0.720. The summed E-state index contributed by atoms with van der Waals surface area (Å²) >= 11 is 0. The Morgan fingerprint density at radius 1 is 1.22 bits per heavy atom. The third-order valence-electron chi connectivity index (χ3n) is 3.29. The molecule has 0 aromatic heterocycles. The van der Waals surface area contributed by atoms with Gasteiger partial charge in [-0.3, -0.25) is 9.59 Å². The Labute approximate surface area is 136 Å². The minimum absolute atomic E-state index is 0.191. The summed E-state index contributed by atoms with van der Waals surface area (Å²) < 4.78 is 0. The number of aldehydes is 1. The normalized spacial score (nSPS) is 13.2. The highest BCUT2D eigenvalue weighted by atomic mass is 16.2. The summed E-state index contributed by atoms with van der Waals surface area (Å²) in [5.74, 6) is -0.502. The van der Waals surface area contributed by atoms with Crippen molar-refractivity contribution in [3.8, 4) is 0 Å². The van der Waals surface area contributed by atoms with Crippen LogP contribution < -0.4 is 16.4 Å². The lowest BCUT2D eigenvalue weighted by atomic mass is 10.0. The molecular formula is C17H25N3O3. The van der Waals surface area contributed by atoms with E-state index in [9.17, 15) is 14.4 Å².